The van der Waals surface area contributed by atoms with Crippen LogP contribution in [0, 0.1) is 0 Å². The Morgan fingerprint density at radius 2 is 2.27 bits per heavy atom. The normalized spacial score (nSPS) is 12.3. The van der Waals surface area contributed by atoms with Crippen LogP contribution in [0.5, 0.6) is 0 Å². The minimum Gasteiger partial charge on any atom is -0.353 e. The Morgan fingerprint density at radius 3 is 2.64 bits per heavy atom. The van der Waals surface area contributed by atoms with Crippen LogP contribution in [0.1, 0.15) is 11.7 Å². The fourth-order valence-electron chi connectivity index (χ4n) is 0.980. The van der Waals surface area contributed by atoms with Crippen molar-refractivity contribution >= 4 is 12.4 Å². The predicted octanol–water partition coefficient (Wildman–Crippen LogP) is 0.405. The number of halogens is 1. The lowest BCUT2D eigenvalue weighted by molar-refractivity contribution is 0.668. The maximum atomic E-state index is 5.69. The molecule has 0 aromatic carbocycles. The molecule has 0 unspecified atom stereocenters. The lowest BCUT2D eigenvalue weighted by atomic mass is 10.2. The van der Waals surface area contributed by atoms with Crippen molar-refractivity contribution in [2.75, 3.05) is 6.54 Å². The van der Waals surface area contributed by atoms with Crippen LogP contribution in [0.3, 0.4) is 0 Å². The first-order chi connectivity index (χ1) is 4.75. The van der Waals surface area contributed by atoms with Crippen molar-refractivity contribution in [3.05, 3.63) is 24.0 Å². The molecule has 1 rings (SSSR count). The highest BCUT2D eigenvalue weighted by Crippen LogP contribution is 2.07. The van der Waals surface area contributed by atoms with Crippen molar-refractivity contribution in [1.29, 1.82) is 0 Å². The molecule has 0 aliphatic carbocycles. The summed E-state index contributed by atoms with van der Waals surface area (Å²) in [5, 5.41) is 0. The zero-order chi connectivity index (χ0) is 7.56. The number of hydrogen-bond donors (Lipinski definition) is 2. The second-order valence-corrected chi connectivity index (χ2v) is 2.39. The van der Waals surface area contributed by atoms with Crippen LogP contribution >= 0.6 is 12.4 Å². The van der Waals surface area contributed by atoms with Crippen LogP contribution in [-0.4, -0.2) is 11.1 Å². The summed E-state index contributed by atoms with van der Waals surface area (Å²) >= 11 is 0. The molecule has 0 bridgehead atoms. The third kappa shape index (κ3) is 2.22. The highest BCUT2D eigenvalue weighted by atomic mass is 35.5. The average Bonchev–Trinajstić information content (AvgIpc) is 2.34. The van der Waals surface area contributed by atoms with Crippen molar-refractivity contribution < 1.29 is 0 Å². The lowest BCUT2D eigenvalue weighted by Gasteiger charge is -2.09. The van der Waals surface area contributed by atoms with Gasteiger partial charge in [-0.1, -0.05) is 0 Å². The molecule has 3 nitrogen and oxygen atoms in total. The average molecular weight is 176 g/mol. The molecule has 0 saturated heterocycles. The summed E-state index contributed by atoms with van der Waals surface area (Å²) in [6, 6.07) is 3.92. The highest BCUT2D eigenvalue weighted by molar-refractivity contribution is 5.85. The zero-order valence-corrected chi connectivity index (χ0v) is 7.34. The van der Waals surface area contributed by atoms with E-state index >= 15 is 0 Å². The predicted molar refractivity (Wildman–Crippen MR) is 48.6 cm³/mol. The van der Waals surface area contributed by atoms with Gasteiger partial charge in [-0.15, -0.1) is 12.4 Å². The lowest BCUT2D eigenvalue weighted by Crippen LogP contribution is -2.22. The van der Waals surface area contributed by atoms with Crippen LogP contribution in [0.15, 0.2) is 18.3 Å². The van der Waals surface area contributed by atoms with Crippen molar-refractivity contribution in [1.82, 2.24) is 4.57 Å². The van der Waals surface area contributed by atoms with Gasteiger partial charge in [0.1, 0.15) is 0 Å². The molecule has 0 aliphatic rings. The van der Waals surface area contributed by atoms with E-state index in [1.807, 2.05) is 29.9 Å². The van der Waals surface area contributed by atoms with Crippen LogP contribution in [0.25, 0.3) is 0 Å². The van der Waals surface area contributed by atoms with E-state index in [-0.39, 0.29) is 18.4 Å². The first kappa shape index (κ1) is 10.5. The minimum absolute atomic E-state index is 0. The monoisotopic (exact) mass is 175 g/mol. The van der Waals surface area contributed by atoms with Crippen LogP contribution in [0.2, 0.25) is 0 Å². The van der Waals surface area contributed by atoms with Gasteiger partial charge in [-0.2, -0.15) is 0 Å². The van der Waals surface area contributed by atoms with Gasteiger partial charge in [-0.25, -0.2) is 0 Å². The maximum Gasteiger partial charge on any atom is 0.0574 e. The molecule has 4 heteroatoms. The first-order valence-corrected chi connectivity index (χ1v) is 3.32. The molecule has 0 amide bonds. The van der Waals surface area contributed by atoms with Gasteiger partial charge in [0.05, 0.1) is 6.04 Å². The van der Waals surface area contributed by atoms with Crippen molar-refractivity contribution in [3.8, 4) is 0 Å². The van der Waals surface area contributed by atoms with Gasteiger partial charge in [0.15, 0.2) is 0 Å². The first-order valence-electron chi connectivity index (χ1n) is 3.32. The summed E-state index contributed by atoms with van der Waals surface area (Å²) in [5.74, 6) is 0. The standard InChI is InChI=1S/C7H13N3.ClH/c1-10-4-2-3-7(10)6(9)5-8;/h2-4,6H,5,8-9H2,1H3;1H/t6-;/m1./s1. The van der Waals surface area contributed by atoms with Gasteiger partial charge in [0.2, 0.25) is 0 Å². The van der Waals surface area contributed by atoms with E-state index in [9.17, 15) is 0 Å². The molecule has 4 N–H and O–H groups in total. The van der Waals surface area contributed by atoms with Gasteiger partial charge >= 0.3 is 0 Å². The molecule has 0 radical (unpaired) electrons. The van der Waals surface area contributed by atoms with Gasteiger partial charge in [0.25, 0.3) is 0 Å². The summed E-state index contributed by atoms with van der Waals surface area (Å²) < 4.78 is 1.98. The summed E-state index contributed by atoms with van der Waals surface area (Å²) in [7, 11) is 1.96. The van der Waals surface area contributed by atoms with E-state index in [1.165, 1.54) is 0 Å². The van der Waals surface area contributed by atoms with Gasteiger partial charge in [-0.3, -0.25) is 0 Å². The zero-order valence-electron chi connectivity index (χ0n) is 6.53. The molecule has 64 valence electrons. The number of rotatable bonds is 2. The topological polar surface area (TPSA) is 57.0 Å². The third-order valence-corrected chi connectivity index (χ3v) is 1.62. The molecule has 0 saturated carbocycles. The molecule has 1 atom stereocenters. The van der Waals surface area contributed by atoms with E-state index in [0.29, 0.717) is 6.54 Å². The van der Waals surface area contributed by atoms with E-state index < -0.39 is 0 Å². The summed E-state index contributed by atoms with van der Waals surface area (Å²) in [6.45, 7) is 0.498. The number of aromatic nitrogens is 1. The Bertz CT molecular complexity index is 209. The van der Waals surface area contributed by atoms with E-state index in [0.717, 1.165) is 5.69 Å². The molecule has 11 heavy (non-hydrogen) atoms. The Labute approximate surface area is 72.8 Å². The molecule has 0 aliphatic heterocycles. The van der Waals surface area contributed by atoms with Crippen molar-refractivity contribution in [3.63, 3.8) is 0 Å². The Kier molecular flexibility index (Phi) is 4.18. The molecule has 0 fully saturated rings. The third-order valence-electron chi connectivity index (χ3n) is 1.62. The fraction of sp³-hybridized carbons (Fsp3) is 0.429. The smallest absolute Gasteiger partial charge is 0.0574 e. The van der Waals surface area contributed by atoms with Crippen molar-refractivity contribution in [2.45, 2.75) is 6.04 Å². The number of nitrogens with two attached hydrogens (primary N) is 2. The Hall–Kier alpha value is -0.510. The molecular formula is C7H14ClN3. The molecule has 1 aromatic rings. The minimum atomic E-state index is -0.0278. The van der Waals surface area contributed by atoms with Crippen LogP contribution < -0.4 is 11.5 Å². The molecular weight excluding hydrogens is 162 g/mol. The van der Waals surface area contributed by atoms with Crippen LogP contribution in [-0.2, 0) is 7.05 Å². The molecule has 1 aromatic heterocycles. The SMILES string of the molecule is Cl.Cn1cccc1[C@H](N)CN. The van der Waals surface area contributed by atoms with E-state index in [2.05, 4.69) is 0 Å². The van der Waals surface area contributed by atoms with Gasteiger partial charge in [0, 0.05) is 25.5 Å². The summed E-state index contributed by atoms with van der Waals surface area (Å²) in [4.78, 5) is 0. The van der Waals surface area contributed by atoms with Crippen LogP contribution in [0.4, 0.5) is 0 Å². The van der Waals surface area contributed by atoms with E-state index in [4.69, 9.17) is 11.5 Å². The second kappa shape index (κ2) is 4.38. The number of hydrogen-bond acceptors (Lipinski definition) is 2. The number of aryl methyl sites for hydroxylation is 1. The van der Waals surface area contributed by atoms with Crippen molar-refractivity contribution in [2.24, 2.45) is 18.5 Å². The number of nitrogens with zero attached hydrogens (tertiary/aromatic N) is 1. The second-order valence-electron chi connectivity index (χ2n) is 2.39. The maximum absolute atomic E-state index is 5.69. The summed E-state index contributed by atoms with van der Waals surface area (Å²) in [6.07, 6.45) is 1.96. The highest BCUT2D eigenvalue weighted by Gasteiger charge is 2.04. The summed E-state index contributed by atoms with van der Waals surface area (Å²) in [5.41, 5.74) is 12.2. The Balaban J connectivity index is 0.000001000. The molecule has 0 spiro atoms. The van der Waals surface area contributed by atoms with Gasteiger partial charge < -0.3 is 16.0 Å². The van der Waals surface area contributed by atoms with Gasteiger partial charge in [-0.05, 0) is 12.1 Å². The quantitative estimate of drug-likeness (QED) is 0.684. The molecule has 1 heterocycles. The Morgan fingerprint density at radius 1 is 1.64 bits per heavy atom. The fourth-order valence-corrected chi connectivity index (χ4v) is 0.980. The van der Waals surface area contributed by atoms with E-state index in [1.54, 1.807) is 0 Å². The largest absolute Gasteiger partial charge is 0.353 e.